The van der Waals surface area contributed by atoms with Gasteiger partial charge < -0.3 is 14.8 Å². The largest absolute Gasteiger partial charge is 0.385 e. The third-order valence-corrected chi connectivity index (χ3v) is 3.22. The van der Waals surface area contributed by atoms with Crippen molar-refractivity contribution in [1.82, 2.24) is 5.32 Å². The summed E-state index contributed by atoms with van der Waals surface area (Å²) in [4.78, 5) is 0. The zero-order valence-corrected chi connectivity index (χ0v) is 10.7. The topological polar surface area (TPSA) is 30.5 Å². The van der Waals surface area contributed by atoms with Crippen molar-refractivity contribution in [3.05, 3.63) is 0 Å². The molecule has 1 fully saturated rings. The second-order valence-electron chi connectivity index (χ2n) is 4.67. The zero-order chi connectivity index (χ0) is 11.5. The Balaban J connectivity index is 1.77. The molecule has 0 heterocycles. The molecule has 1 N–H and O–H groups in total. The minimum atomic E-state index is 0.801. The second-order valence-corrected chi connectivity index (χ2v) is 4.67. The van der Waals surface area contributed by atoms with Crippen molar-refractivity contribution >= 4 is 0 Å². The summed E-state index contributed by atoms with van der Waals surface area (Å²) >= 11 is 0. The summed E-state index contributed by atoms with van der Waals surface area (Å²) in [5, 5.41) is 3.49. The van der Waals surface area contributed by atoms with Crippen LogP contribution in [0.2, 0.25) is 0 Å². The maximum Gasteiger partial charge on any atom is 0.0590 e. The van der Waals surface area contributed by atoms with Gasteiger partial charge in [-0.25, -0.2) is 0 Å². The molecule has 0 aromatic rings. The molecule has 1 aliphatic rings. The SMILES string of the molecule is COCCCOCCNCC1CCCCC1. The van der Waals surface area contributed by atoms with Crippen molar-refractivity contribution in [3.8, 4) is 0 Å². The average molecular weight is 229 g/mol. The molecule has 3 heteroatoms. The monoisotopic (exact) mass is 229 g/mol. The van der Waals surface area contributed by atoms with Gasteiger partial charge in [-0.1, -0.05) is 19.3 Å². The molecule has 16 heavy (non-hydrogen) atoms. The predicted molar refractivity (Wildman–Crippen MR) is 66.8 cm³/mol. The van der Waals surface area contributed by atoms with E-state index in [4.69, 9.17) is 9.47 Å². The van der Waals surface area contributed by atoms with Gasteiger partial charge in [0, 0.05) is 26.9 Å². The van der Waals surface area contributed by atoms with Gasteiger partial charge in [0.2, 0.25) is 0 Å². The van der Waals surface area contributed by atoms with E-state index in [1.54, 1.807) is 7.11 Å². The Kier molecular flexibility index (Phi) is 8.77. The van der Waals surface area contributed by atoms with E-state index in [9.17, 15) is 0 Å². The van der Waals surface area contributed by atoms with E-state index in [-0.39, 0.29) is 0 Å². The van der Waals surface area contributed by atoms with E-state index in [0.29, 0.717) is 0 Å². The van der Waals surface area contributed by atoms with Crippen LogP contribution in [0.1, 0.15) is 38.5 Å². The molecule has 0 unspecified atom stereocenters. The van der Waals surface area contributed by atoms with Crippen LogP contribution in [0.15, 0.2) is 0 Å². The first-order chi connectivity index (χ1) is 7.93. The van der Waals surface area contributed by atoms with E-state index in [2.05, 4.69) is 5.32 Å². The standard InChI is InChI=1S/C13H27NO2/c1-15-9-5-10-16-11-8-14-12-13-6-3-2-4-7-13/h13-14H,2-12H2,1H3. The highest BCUT2D eigenvalue weighted by atomic mass is 16.5. The van der Waals surface area contributed by atoms with Crippen LogP contribution >= 0.6 is 0 Å². The Morgan fingerprint density at radius 1 is 1.06 bits per heavy atom. The molecule has 3 nitrogen and oxygen atoms in total. The van der Waals surface area contributed by atoms with Gasteiger partial charge in [-0.15, -0.1) is 0 Å². The van der Waals surface area contributed by atoms with Crippen LogP contribution in [0, 0.1) is 5.92 Å². The third-order valence-electron chi connectivity index (χ3n) is 3.22. The number of nitrogens with one attached hydrogen (secondary N) is 1. The van der Waals surface area contributed by atoms with Gasteiger partial charge in [0.15, 0.2) is 0 Å². The molecule has 0 aliphatic heterocycles. The minimum absolute atomic E-state index is 0.801. The van der Waals surface area contributed by atoms with Gasteiger partial charge in [-0.05, 0) is 31.7 Å². The van der Waals surface area contributed by atoms with Gasteiger partial charge in [-0.3, -0.25) is 0 Å². The Labute approximate surface area is 99.9 Å². The Bertz CT molecular complexity index is 147. The van der Waals surface area contributed by atoms with Gasteiger partial charge in [-0.2, -0.15) is 0 Å². The fourth-order valence-corrected chi connectivity index (χ4v) is 2.25. The van der Waals surface area contributed by atoms with Gasteiger partial charge in [0.25, 0.3) is 0 Å². The van der Waals surface area contributed by atoms with Crippen LogP contribution < -0.4 is 5.32 Å². The van der Waals surface area contributed by atoms with E-state index in [0.717, 1.165) is 38.7 Å². The summed E-state index contributed by atoms with van der Waals surface area (Å²) in [5.41, 5.74) is 0. The molecule has 0 amide bonds. The molecule has 0 spiro atoms. The fourth-order valence-electron chi connectivity index (χ4n) is 2.25. The lowest BCUT2D eigenvalue weighted by atomic mass is 9.89. The van der Waals surface area contributed by atoms with E-state index >= 15 is 0 Å². The quantitative estimate of drug-likeness (QED) is 0.615. The van der Waals surface area contributed by atoms with Gasteiger partial charge in [0.05, 0.1) is 6.61 Å². The summed E-state index contributed by atoms with van der Waals surface area (Å²) in [6.45, 7) is 4.62. The molecule has 1 aliphatic carbocycles. The van der Waals surface area contributed by atoms with Crippen molar-refractivity contribution in [2.24, 2.45) is 5.92 Å². The zero-order valence-electron chi connectivity index (χ0n) is 10.7. The summed E-state index contributed by atoms with van der Waals surface area (Å²) < 4.78 is 10.4. The van der Waals surface area contributed by atoms with Crippen molar-refractivity contribution in [2.45, 2.75) is 38.5 Å². The summed E-state index contributed by atoms with van der Waals surface area (Å²) in [6, 6.07) is 0. The second kappa shape index (κ2) is 10.1. The van der Waals surface area contributed by atoms with Gasteiger partial charge >= 0.3 is 0 Å². The molecule has 1 saturated carbocycles. The lowest BCUT2D eigenvalue weighted by Crippen LogP contribution is -2.27. The molecule has 0 saturated heterocycles. The van der Waals surface area contributed by atoms with Crippen LogP contribution in [-0.4, -0.2) is 40.0 Å². The number of hydrogen-bond donors (Lipinski definition) is 1. The van der Waals surface area contributed by atoms with Crippen LogP contribution in [-0.2, 0) is 9.47 Å². The first kappa shape index (κ1) is 13.9. The molecule has 0 atom stereocenters. The molecule has 1 rings (SSSR count). The Hall–Kier alpha value is -0.120. The van der Waals surface area contributed by atoms with Crippen molar-refractivity contribution < 1.29 is 9.47 Å². The number of rotatable bonds is 9. The minimum Gasteiger partial charge on any atom is -0.385 e. The van der Waals surface area contributed by atoms with E-state index in [1.165, 1.54) is 38.6 Å². The summed E-state index contributed by atoms with van der Waals surface area (Å²) in [6.07, 6.45) is 8.14. The highest BCUT2D eigenvalue weighted by Gasteiger charge is 2.11. The Morgan fingerprint density at radius 2 is 1.88 bits per heavy atom. The van der Waals surface area contributed by atoms with Crippen molar-refractivity contribution in [2.75, 3.05) is 40.0 Å². The van der Waals surface area contributed by atoms with E-state index in [1.807, 2.05) is 0 Å². The molecule has 0 aromatic carbocycles. The number of ether oxygens (including phenoxy) is 2. The van der Waals surface area contributed by atoms with Crippen LogP contribution in [0.25, 0.3) is 0 Å². The normalized spacial score (nSPS) is 17.8. The van der Waals surface area contributed by atoms with Gasteiger partial charge in [0.1, 0.15) is 0 Å². The van der Waals surface area contributed by atoms with Crippen molar-refractivity contribution in [1.29, 1.82) is 0 Å². The number of hydrogen-bond acceptors (Lipinski definition) is 3. The fraction of sp³-hybridized carbons (Fsp3) is 1.00. The maximum atomic E-state index is 5.48. The van der Waals surface area contributed by atoms with Crippen LogP contribution in [0.3, 0.4) is 0 Å². The molecular weight excluding hydrogens is 202 g/mol. The predicted octanol–water partition coefficient (Wildman–Crippen LogP) is 2.21. The maximum absolute atomic E-state index is 5.48. The highest BCUT2D eigenvalue weighted by molar-refractivity contribution is 4.67. The van der Waals surface area contributed by atoms with Crippen LogP contribution in [0.5, 0.6) is 0 Å². The van der Waals surface area contributed by atoms with Crippen LogP contribution in [0.4, 0.5) is 0 Å². The lowest BCUT2D eigenvalue weighted by Gasteiger charge is -2.21. The third kappa shape index (κ3) is 7.20. The molecule has 0 aromatic heterocycles. The summed E-state index contributed by atoms with van der Waals surface area (Å²) in [5.74, 6) is 0.919. The average Bonchev–Trinajstić information content (AvgIpc) is 2.34. The number of methoxy groups -OCH3 is 1. The summed E-state index contributed by atoms with van der Waals surface area (Å²) in [7, 11) is 1.73. The van der Waals surface area contributed by atoms with Crippen molar-refractivity contribution in [3.63, 3.8) is 0 Å². The smallest absolute Gasteiger partial charge is 0.0590 e. The molecule has 0 radical (unpaired) electrons. The Morgan fingerprint density at radius 3 is 2.62 bits per heavy atom. The first-order valence-corrected chi connectivity index (χ1v) is 6.71. The molecule has 0 bridgehead atoms. The first-order valence-electron chi connectivity index (χ1n) is 6.71. The van der Waals surface area contributed by atoms with E-state index < -0.39 is 0 Å². The highest BCUT2D eigenvalue weighted by Crippen LogP contribution is 2.22. The molecular formula is C13H27NO2. The molecule has 96 valence electrons. The lowest BCUT2D eigenvalue weighted by molar-refractivity contribution is 0.103.